The SMILES string of the molecule is CC(C)NC(=O)[C@H]1CSCN1C(=O)OC(C)(C)C. The number of hydrogen-bond acceptors (Lipinski definition) is 4. The van der Waals surface area contributed by atoms with Crippen LogP contribution in [0.4, 0.5) is 4.79 Å². The molecule has 0 aliphatic carbocycles. The van der Waals surface area contributed by atoms with Crippen LogP contribution in [-0.4, -0.2) is 46.2 Å². The first-order valence-electron chi connectivity index (χ1n) is 6.08. The van der Waals surface area contributed by atoms with Crippen molar-refractivity contribution in [3.63, 3.8) is 0 Å². The number of carbonyl (C=O) groups excluding carboxylic acids is 2. The normalized spacial score (nSPS) is 20.1. The van der Waals surface area contributed by atoms with Gasteiger partial charge in [-0.05, 0) is 34.6 Å². The second-order valence-electron chi connectivity index (χ2n) is 5.63. The van der Waals surface area contributed by atoms with Gasteiger partial charge < -0.3 is 10.1 Å². The van der Waals surface area contributed by atoms with E-state index in [1.54, 1.807) is 11.8 Å². The summed E-state index contributed by atoms with van der Waals surface area (Å²) in [5.41, 5.74) is -0.538. The van der Waals surface area contributed by atoms with Crippen molar-refractivity contribution in [2.24, 2.45) is 0 Å². The molecule has 6 heteroatoms. The maximum Gasteiger partial charge on any atom is 0.411 e. The van der Waals surface area contributed by atoms with E-state index in [9.17, 15) is 9.59 Å². The average molecular weight is 274 g/mol. The summed E-state index contributed by atoms with van der Waals surface area (Å²) in [4.78, 5) is 25.4. The molecular formula is C12H22N2O3S. The molecule has 0 bridgehead atoms. The number of carbonyl (C=O) groups is 2. The van der Waals surface area contributed by atoms with E-state index in [0.717, 1.165) is 0 Å². The quantitative estimate of drug-likeness (QED) is 0.834. The van der Waals surface area contributed by atoms with Gasteiger partial charge in [0.1, 0.15) is 11.6 Å². The molecule has 1 rings (SSSR count). The standard InChI is InChI=1S/C12H22N2O3S/c1-8(2)13-10(15)9-6-18-7-14(9)11(16)17-12(3,4)5/h8-9H,6-7H2,1-5H3,(H,13,15)/t9-/m1/s1. The van der Waals surface area contributed by atoms with E-state index in [2.05, 4.69) is 5.32 Å². The Morgan fingerprint density at radius 2 is 2.00 bits per heavy atom. The molecule has 0 unspecified atom stereocenters. The van der Waals surface area contributed by atoms with E-state index in [-0.39, 0.29) is 11.9 Å². The van der Waals surface area contributed by atoms with Crippen LogP contribution in [0, 0.1) is 0 Å². The number of thioether (sulfide) groups is 1. The molecule has 1 N–H and O–H groups in total. The summed E-state index contributed by atoms with van der Waals surface area (Å²) in [5, 5.41) is 2.83. The van der Waals surface area contributed by atoms with Gasteiger partial charge in [0, 0.05) is 11.8 Å². The van der Waals surface area contributed by atoms with Crippen LogP contribution in [0.15, 0.2) is 0 Å². The molecule has 1 atom stereocenters. The van der Waals surface area contributed by atoms with Crippen molar-refractivity contribution in [3.8, 4) is 0 Å². The zero-order valence-corrected chi connectivity index (χ0v) is 12.5. The van der Waals surface area contributed by atoms with Gasteiger partial charge in [0.2, 0.25) is 5.91 Å². The fraction of sp³-hybridized carbons (Fsp3) is 0.833. The van der Waals surface area contributed by atoms with Gasteiger partial charge in [0.05, 0.1) is 5.88 Å². The van der Waals surface area contributed by atoms with Crippen LogP contribution >= 0.6 is 11.8 Å². The van der Waals surface area contributed by atoms with Crippen molar-refractivity contribution in [2.75, 3.05) is 11.6 Å². The number of hydrogen-bond donors (Lipinski definition) is 1. The van der Waals surface area contributed by atoms with Gasteiger partial charge in [0.15, 0.2) is 0 Å². The molecule has 0 spiro atoms. The molecular weight excluding hydrogens is 252 g/mol. The summed E-state index contributed by atoms with van der Waals surface area (Å²) in [6, 6.07) is -0.351. The molecule has 1 aliphatic heterocycles. The molecule has 5 nitrogen and oxygen atoms in total. The third kappa shape index (κ3) is 4.40. The monoisotopic (exact) mass is 274 g/mol. The van der Waals surface area contributed by atoms with Crippen molar-refractivity contribution in [1.29, 1.82) is 0 Å². The highest BCUT2D eigenvalue weighted by atomic mass is 32.2. The Morgan fingerprint density at radius 1 is 1.39 bits per heavy atom. The Morgan fingerprint density at radius 3 is 2.50 bits per heavy atom. The summed E-state index contributed by atoms with van der Waals surface area (Å²) < 4.78 is 5.30. The van der Waals surface area contributed by atoms with Crippen molar-refractivity contribution in [3.05, 3.63) is 0 Å². The average Bonchev–Trinajstić information content (AvgIpc) is 2.61. The summed E-state index contributed by atoms with van der Waals surface area (Å²) in [5.74, 6) is 1.02. The van der Waals surface area contributed by atoms with E-state index in [1.165, 1.54) is 4.90 Å². The van der Waals surface area contributed by atoms with Gasteiger partial charge in [-0.15, -0.1) is 11.8 Å². The topological polar surface area (TPSA) is 58.6 Å². The van der Waals surface area contributed by atoms with Crippen molar-refractivity contribution >= 4 is 23.8 Å². The van der Waals surface area contributed by atoms with Gasteiger partial charge in [-0.1, -0.05) is 0 Å². The van der Waals surface area contributed by atoms with Crippen LogP contribution in [-0.2, 0) is 9.53 Å². The smallest absolute Gasteiger partial charge is 0.411 e. The Hall–Kier alpha value is -0.910. The molecule has 1 heterocycles. The predicted octanol–water partition coefficient (Wildman–Crippen LogP) is 1.82. The molecule has 0 aromatic rings. The third-order valence-electron chi connectivity index (χ3n) is 2.24. The van der Waals surface area contributed by atoms with Crippen LogP contribution in [0.3, 0.4) is 0 Å². The van der Waals surface area contributed by atoms with Gasteiger partial charge >= 0.3 is 6.09 Å². The number of rotatable bonds is 2. The molecule has 0 aromatic heterocycles. The molecule has 0 aromatic carbocycles. The van der Waals surface area contributed by atoms with Gasteiger partial charge in [-0.25, -0.2) is 4.79 Å². The van der Waals surface area contributed by atoms with Crippen molar-refractivity contribution in [2.45, 2.75) is 52.3 Å². The van der Waals surface area contributed by atoms with Gasteiger partial charge in [0.25, 0.3) is 0 Å². The Balaban J connectivity index is 2.64. The summed E-state index contributed by atoms with van der Waals surface area (Å²) >= 11 is 1.56. The fourth-order valence-corrected chi connectivity index (χ4v) is 2.68. The number of nitrogens with one attached hydrogen (secondary N) is 1. The molecule has 18 heavy (non-hydrogen) atoms. The van der Waals surface area contributed by atoms with E-state index < -0.39 is 17.7 Å². The molecule has 1 aliphatic rings. The first-order chi connectivity index (χ1) is 8.20. The first kappa shape index (κ1) is 15.1. The van der Waals surface area contributed by atoms with Crippen LogP contribution < -0.4 is 5.32 Å². The number of amides is 2. The summed E-state index contributed by atoms with van der Waals surface area (Å²) in [6.07, 6.45) is -0.420. The Bertz CT molecular complexity index is 326. The minimum absolute atomic E-state index is 0.0728. The first-order valence-corrected chi connectivity index (χ1v) is 7.24. The van der Waals surface area contributed by atoms with E-state index in [0.29, 0.717) is 11.6 Å². The van der Waals surface area contributed by atoms with Gasteiger partial charge in [-0.2, -0.15) is 0 Å². The molecule has 0 saturated carbocycles. The highest BCUT2D eigenvalue weighted by Crippen LogP contribution is 2.23. The van der Waals surface area contributed by atoms with Crippen LogP contribution in [0.25, 0.3) is 0 Å². The van der Waals surface area contributed by atoms with E-state index in [4.69, 9.17) is 4.74 Å². The van der Waals surface area contributed by atoms with Crippen molar-refractivity contribution < 1.29 is 14.3 Å². The molecule has 0 radical (unpaired) electrons. The molecule has 1 saturated heterocycles. The Kier molecular flexibility index (Phi) is 4.90. The zero-order valence-electron chi connectivity index (χ0n) is 11.6. The third-order valence-corrected chi connectivity index (χ3v) is 3.26. The second-order valence-corrected chi connectivity index (χ2v) is 6.63. The predicted molar refractivity (Wildman–Crippen MR) is 72.5 cm³/mol. The summed E-state index contributed by atoms with van der Waals surface area (Å²) in [6.45, 7) is 9.25. The largest absolute Gasteiger partial charge is 0.444 e. The summed E-state index contributed by atoms with van der Waals surface area (Å²) in [7, 11) is 0. The highest BCUT2D eigenvalue weighted by Gasteiger charge is 2.37. The Labute approximate surface area is 113 Å². The molecule has 1 fully saturated rings. The van der Waals surface area contributed by atoms with Crippen LogP contribution in [0.1, 0.15) is 34.6 Å². The van der Waals surface area contributed by atoms with E-state index >= 15 is 0 Å². The number of ether oxygens (including phenoxy) is 1. The van der Waals surface area contributed by atoms with Crippen LogP contribution in [0.2, 0.25) is 0 Å². The molecule has 104 valence electrons. The fourth-order valence-electron chi connectivity index (χ4n) is 1.54. The zero-order chi connectivity index (χ0) is 13.9. The lowest BCUT2D eigenvalue weighted by molar-refractivity contribution is -0.125. The lowest BCUT2D eigenvalue weighted by Crippen LogP contribution is -2.50. The lowest BCUT2D eigenvalue weighted by Gasteiger charge is -2.27. The maximum atomic E-state index is 12.0. The number of nitrogens with zero attached hydrogens (tertiary/aromatic N) is 1. The molecule has 2 amide bonds. The van der Waals surface area contributed by atoms with E-state index in [1.807, 2.05) is 34.6 Å². The van der Waals surface area contributed by atoms with Gasteiger partial charge in [-0.3, -0.25) is 9.69 Å². The van der Waals surface area contributed by atoms with Crippen molar-refractivity contribution in [1.82, 2.24) is 10.2 Å². The minimum Gasteiger partial charge on any atom is -0.444 e. The van der Waals surface area contributed by atoms with Crippen LogP contribution in [0.5, 0.6) is 0 Å². The maximum absolute atomic E-state index is 12.0. The lowest BCUT2D eigenvalue weighted by atomic mass is 10.2. The second kappa shape index (κ2) is 5.82. The minimum atomic E-state index is -0.538. The highest BCUT2D eigenvalue weighted by molar-refractivity contribution is 7.99.